The van der Waals surface area contributed by atoms with Gasteiger partial charge in [0.15, 0.2) is 0 Å². The highest BCUT2D eigenvalue weighted by Crippen LogP contribution is 2.27. The van der Waals surface area contributed by atoms with Crippen molar-refractivity contribution in [3.05, 3.63) is 36.0 Å². The van der Waals surface area contributed by atoms with Crippen LogP contribution in [0.2, 0.25) is 0 Å². The molecule has 2 rings (SSSR count). The van der Waals surface area contributed by atoms with E-state index >= 15 is 0 Å². The summed E-state index contributed by atoms with van der Waals surface area (Å²) in [6, 6.07) is 6.44. The summed E-state index contributed by atoms with van der Waals surface area (Å²) >= 11 is 3.37. The summed E-state index contributed by atoms with van der Waals surface area (Å²) in [4.78, 5) is 6.09. The van der Waals surface area contributed by atoms with Crippen LogP contribution in [-0.2, 0) is 4.74 Å². The zero-order valence-electron chi connectivity index (χ0n) is 11.4. The molecule has 1 aliphatic rings. The minimum absolute atomic E-state index is 0.0982. The summed E-state index contributed by atoms with van der Waals surface area (Å²) in [5.41, 5.74) is 1.62. The van der Waals surface area contributed by atoms with E-state index in [2.05, 4.69) is 25.7 Å². The van der Waals surface area contributed by atoms with Crippen LogP contribution in [0.5, 0.6) is 5.75 Å². The number of alkyl halides is 3. The van der Waals surface area contributed by atoms with Crippen LogP contribution in [0.15, 0.2) is 41.0 Å². The first-order valence-electron chi connectivity index (χ1n) is 6.38. The van der Waals surface area contributed by atoms with E-state index in [1.807, 2.05) is 13.1 Å². The molecule has 0 saturated carbocycles. The second-order valence-corrected chi connectivity index (χ2v) is 4.74. The highest BCUT2D eigenvalue weighted by Gasteiger charge is 2.20. The Morgan fingerprint density at radius 3 is 2.90 bits per heavy atom. The summed E-state index contributed by atoms with van der Waals surface area (Å²) in [6.07, 6.45) is 3.08. The summed E-state index contributed by atoms with van der Waals surface area (Å²) in [5.74, 6) is 0.0982. The van der Waals surface area contributed by atoms with Crippen LogP contribution in [0.25, 0.3) is 0 Å². The maximum Gasteiger partial charge on any atom is 0.387 e. The number of aliphatic imine (C=N–C) groups is 1. The standard InChI is InChI=1S/C14H15BrF2N2O2/c1-2-20-14-18-8-10(7-15)9-19(14)11-4-3-5-12(6-11)21-13(16)17/h3-6,8-9,13-14H,2,7H2,1H3. The van der Waals surface area contributed by atoms with Crippen molar-refractivity contribution in [3.63, 3.8) is 0 Å². The third kappa shape index (κ3) is 4.25. The first-order valence-corrected chi connectivity index (χ1v) is 7.51. The van der Waals surface area contributed by atoms with E-state index in [1.165, 1.54) is 12.1 Å². The van der Waals surface area contributed by atoms with Gasteiger partial charge in [0.1, 0.15) is 5.75 Å². The fraction of sp³-hybridized carbons (Fsp3) is 0.357. The molecule has 1 aliphatic heterocycles. The van der Waals surface area contributed by atoms with Crippen molar-refractivity contribution in [1.82, 2.24) is 0 Å². The average molecular weight is 361 g/mol. The van der Waals surface area contributed by atoms with Gasteiger partial charge >= 0.3 is 6.61 Å². The molecule has 0 aliphatic carbocycles. The molecule has 1 heterocycles. The van der Waals surface area contributed by atoms with Gasteiger partial charge in [-0.25, -0.2) is 4.99 Å². The number of halogens is 3. The van der Waals surface area contributed by atoms with Crippen molar-refractivity contribution >= 4 is 27.8 Å². The van der Waals surface area contributed by atoms with Gasteiger partial charge < -0.3 is 14.4 Å². The van der Waals surface area contributed by atoms with Crippen LogP contribution in [0, 0.1) is 0 Å². The maximum atomic E-state index is 12.3. The molecule has 0 radical (unpaired) electrons. The van der Waals surface area contributed by atoms with E-state index in [-0.39, 0.29) is 5.75 Å². The number of nitrogens with zero attached hydrogens (tertiary/aromatic N) is 2. The second kappa shape index (κ2) is 7.51. The molecule has 1 unspecified atom stereocenters. The van der Waals surface area contributed by atoms with Gasteiger partial charge in [-0.15, -0.1) is 0 Å². The molecular weight excluding hydrogens is 346 g/mol. The van der Waals surface area contributed by atoms with Gasteiger partial charge in [0, 0.05) is 36.1 Å². The van der Waals surface area contributed by atoms with Gasteiger partial charge in [-0.3, -0.25) is 0 Å². The molecule has 0 N–H and O–H groups in total. The average Bonchev–Trinajstić information content (AvgIpc) is 2.47. The SMILES string of the molecule is CCOC1N=CC(CBr)=CN1c1cccc(OC(F)F)c1. The summed E-state index contributed by atoms with van der Waals surface area (Å²) in [7, 11) is 0. The van der Waals surface area contributed by atoms with E-state index in [9.17, 15) is 8.78 Å². The molecule has 0 spiro atoms. The van der Waals surface area contributed by atoms with Crippen molar-refractivity contribution in [1.29, 1.82) is 0 Å². The number of benzene rings is 1. The lowest BCUT2D eigenvalue weighted by atomic mass is 10.2. The van der Waals surface area contributed by atoms with Crippen molar-refractivity contribution < 1.29 is 18.3 Å². The quantitative estimate of drug-likeness (QED) is 0.724. The Labute approximate surface area is 130 Å². The van der Waals surface area contributed by atoms with Gasteiger partial charge in [0.05, 0.1) is 0 Å². The third-order valence-electron chi connectivity index (χ3n) is 2.72. The highest BCUT2D eigenvalue weighted by molar-refractivity contribution is 9.09. The Balaban J connectivity index is 2.27. The lowest BCUT2D eigenvalue weighted by Gasteiger charge is -2.30. The largest absolute Gasteiger partial charge is 0.435 e. The minimum Gasteiger partial charge on any atom is -0.435 e. The number of hydrogen-bond acceptors (Lipinski definition) is 4. The number of ether oxygens (including phenoxy) is 2. The van der Waals surface area contributed by atoms with Crippen LogP contribution in [-0.4, -0.2) is 31.1 Å². The predicted molar refractivity (Wildman–Crippen MR) is 81.3 cm³/mol. The topological polar surface area (TPSA) is 34.1 Å². The Kier molecular flexibility index (Phi) is 5.69. The van der Waals surface area contributed by atoms with Crippen LogP contribution in [0.1, 0.15) is 6.92 Å². The van der Waals surface area contributed by atoms with Crippen LogP contribution in [0.3, 0.4) is 0 Å². The van der Waals surface area contributed by atoms with E-state index in [4.69, 9.17) is 4.74 Å². The Morgan fingerprint density at radius 2 is 2.24 bits per heavy atom. The van der Waals surface area contributed by atoms with Crippen LogP contribution < -0.4 is 9.64 Å². The summed E-state index contributed by atoms with van der Waals surface area (Å²) < 4.78 is 34.6. The van der Waals surface area contributed by atoms with Crippen LogP contribution in [0.4, 0.5) is 14.5 Å². The number of rotatable bonds is 6. The van der Waals surface area contributed by atoms with Gasteiger partial charge in [0.2, 0.25) is 6.35 Å². The molecule has 4 nitrogen and oxygen atoms in total. The van der Waals surface area contributed by atoms with Gasteiger partial charge in [-0.2, -0.15) is 8.78 Å². The van der Waals surface area contributed by atoms with Gasteiger partial charge in [-0.1, -0.05) is 22.0 Å². The molecule has 0 amide bonds. The Morgan fingerprint density at radius 1 is 1.43 bits per heavy atom. The summed E-state index contributed by atoms with van der Waals surface area (Å²) in [6.45, 7) is -0.493. The number of anilines is 1. The minimum atomic E-state index is -2.85. The van der Waals surface area contributed by atoms with E-state index in [1.54, 1.807) is 23.2 Å². The normalized spacial score (nSPS) is 18.0. The Hall–Kier alpha value is -1.47. The molecule has 1 aromatic rings. The maximum absolute atomic E-state index is 12.3. The van der Waals surface area contributed by atoms with Crippen molar-refractivity contribution in [2.75, 3.05) is 16.8 Å². The van der Waals surface area contributed by atoms with E-state index < -0.39 is 13.0 Å². The van der Waals surface area contributed by atoms with E-state index in [0.717, 1.165) is 5.57 Å². The van der Waals surface area contributed by atoms with Crippen molar-refractivity contribution in [2.24, 2.45) is 4.99 Å². The van der Waals surface area contributed by atoms with Gasteiger partial charge in [0.25, 0.3) is 0 Å². The highest BCUT2D eigenvalue weighted by atomic mass is 79.9. The van der Waals surface area contributed by atoms with E-state index in [0.29, 0.717) is 17.6 Å². The number of hydrogen-bond donors (Lipinski definition) is 0. The molecule has 7 heteroatoms. The molecule has 0 fully saturated rings. The molecular formula is C14H15BrF2N2O2. The smallest absolute Gasteiger partial charge is 0.387 e. The molecule has 21 heavy (non-hydrogen) atoms. The summed E-state index contributed by atoms with van der Waals surface area (Å²) in [5, 5.41) is 0.638. The first kappa shape index (κ1) is 15.9. The molecule has 0 saturated heterocycles. The molecule has 0 bridgehead atoms. The Bertz CT molecular complexity index is 537. The number of allylic oxidation sites excluding steroid dienone is 1. The monoisotopic (exact) mass is 360 g/mol. The van der Waals surface area contributed by atoms with Gasteiger partial charge in [-0.05, 0) is 24.6 Å². The predicted octanol–water partition coefficient (Wildman–Crippen LogP) is 3.78. The van der Waals surface area contributed by atoms with Crippen LogP contribution >= 0.6 is 15.9 Å². The first-order chi connectivity index (χ1) is 10.1. The lowest BCUT2D eigenvalue weighted by molar-refractivity contribution is -0.0498. The third-order valence-corrected chi connectivity index (χ3v) is 3.37. The zero-order chi connectivity index (χ0) is 15.2. The second-order valence-electron chi connectivity index (χ2n) is 4.18. The van der Waals surface area contributed by atoms with Crippen molar-refractivity contribution in [3.8, 4) is 5.75 Å². The molecule has 1 aromatic carbocycles. The fourth-order valence-electron chi connectivity index (χ4n) is 1.87. The lowest BCUT2D eigenvalue weighted by Crippen LogP contribution is -2.34. The zero-order valence-corrected chi connectivity index (χ0v) is 13.0. The molecule has 0 aromatic heterocycles. The fourth-order valence-corrected chi connectivity index (χ4v) is 2.16. The molecule has 1 atom stereocenters. The molecule has 114 valence electrons. The van der Waals surface area contributed by atoms with Crippen molar-refractivity contribution in [2.45, 2.75) is 19.9 Å².